The lowest BCUT2D eigenvalue weighted by Crippen LogP contribution is -2.15. The fourth-order valence-corrected chi connectivity index (χ4v) is 3.13. The molecule has 0 aliphatic carbocycles. The minimum atomic E-state index is -0.0976. The predicted octanol–water partition coefficient (Wildman–Crippen LogP) is 4.71. The van der Waals surface area contributed by atoms with Gasteiger partial charge in [0.25, 0.3) is 0 Å². The first-order valence-electron chi connectivity index (χ1n) is 9.38. The van der Waals surface area contributed by atoms with E-state index in [2.05, 4.69) is 49.9 Å². The van der Waals surface area contributed by atoms with Gasteiger partial charge in [-0.2, -0.15) is 0 Å². The highest BCUT2D eigenvalue weighted by molar-refractivity contribution is 5.77. The van der Waals surface area contributed by atoms with Crippen molar-refractivity contribution in [3.63, 3.8) is 0 Å². The molecule has 0 radical (unpaired) electrons. The SMILES string of the molecule is Cc1cccc(Nc2ncnc(NC(c3ccccc3)c3ccccc3)c2N)n1. The lowest BCUT2D eigenvalue weighted by atomic mass is 9.99. The van der Waals surface area contributed by atoms with Crippen LogP contribution in [0.3, 0.4) is 0 Å². The predicted molar refractivity (Wildman–Crippen MR) is 117 cm³/mol. The Labute approximate surface area is 169 Å². The van der Waals surface area contributed by atoms with E-state index in [-0.39, 0.29) is 6.04 Å². The summed E-state index contributed by atoms with van der Waals surface area (Å²) in [4.78, 5) is 13.1. The van der Waals surface area contributed by atoms with E-state index in [1.165, 1.54) is 6.33 Å². The van der Waals surface area contributed by atoms with Gasteiger partial charge in [0.15, 0.2) is 11.6 Å². The molecule has 0 saturated carbocycles. The molecule has 0 spiro atoms. The first-order chi connectivity index (χ1) is 14.2. The molecule has 0 unspecified atom stereocenters. The molecule has 6 heteroatoms. The summed E-state index contributed by atoms with van der Waals surface area (Å²) < 4.78 is 0. The van der Waals surface area contributed by atoms with Gasteiger partial charge in [-0.25, -0.2) is 15.0 Å². The molecular weight excluding hydrogens is 360 g/mol. The van der Waals surface area contributed by atoms with Crippen LogP contribution >= 0.6 is 0 Å². The number of nitrogens with zero attached hydrogens (tertiary/aromatic N) is 3. The van der Waals surface area contributed by atoms with Gasteiger partial charge in [-0.3, -0.25) is 0 Å². The van der Waals surface area contributed by atoms with Crippen LogP contribution in [0.4, 0.5) is 23.1 Å². The molecule has 0 atom stereocenters. The summed E-state index contributed by atoms with van der Waals surface area (Å²) in [6.07, 6.45) is 1.49. The first kappa shape index (κ1) is 18.4. The summed E-state index contributed by atoms with van der Waals surface area (Å²) in [6.45, 7) is 1.94. The topological polar surface area (TPSA) is 88.8 Å². The van der Waals surface area contributed by atoms with E-state index < -0.39 is 0 Å². The van der Waals surface area contributed by atoms with Gasteiger partial charge in [-0.05, 0) is 30.2 Å². The zero-order chi connectivity index (χ0) is 20.1. The summed E-state index contributed by atoms with van der Waals surface area (Å²) in [5.41, 5.74) is 9.98. The van der Waals surface area contributed by atoms with E-state index in [0.717, 1.165) is 16.8 Å². The average molecular weight is 382 g/mol. The molecule has 0 amide bonds. The highest BCUT2D eigenvalue weighted by Crippen LogP contribution is 2.31. The van der Waals surface area contributed by atoms with Gasteiger partial charge in [0.2, 0.25) is 0 Å². The molecule has 0 aliphatic heterocycles. The lowest BCUT2D eigenvalue weighted by molar-refractivity contribution is 0.924. The van der Waals surface area contributed by atoms with E-state index in [1.54, 1.807) is 0 Å². The van der Waals surface area contributed by atoms with Crippen molar-refractivity contribution in [1.29, 1.82) is 0 Å². The van der Waals surface area contributed by atoms with Crippen LogP contribution in [-0.2, 0) is 0 Å². The second kappa shape index (κ2) is 8.39. The van der Waals surface area contributed by atoms with Crippen LogP contribution in [-0.4, -0.2) is 15.0 Å². The summed E-state index contributed by atoms with van der Waals surface area (Å²) in [5.74, 6) is 1.76. The lowest BCUT2D eigenvalue weighted by Gasteiger charge is -2.22. The number of hydrogen-bond donors (Lipinski definition) is 3. The maximum absolute atomic E-state index is 6.40. The average Bonchev–Trinajstić information content (AvgIpc) is 2.76. The minimum Gasteiger partial charge on any atom is -0.393 e. The van der Waals surface area contributed by atoms with Crippen molar-refractivity contribution in [2.24, 2.45) is 0 Å². The number of pyridine rings is 1. The molecule has 2 aromatic heterocycles. The molecule has 6 nitrogen and oxygen atoms in total. The van der Waals surface area contributed by atoms with Crippen molar-refractivity contribution in [2.45, 2.75) is 13.0 Å². The fraction of sp³-hybridized carbons (Fsp3) is 0.0870. The Balaban J connectivity index is 1.66. The Bertz CT molecular complexity index is 1040. The van der Waals surface area contributed by atoms with Gasteiger partial charge in [-0.1, -0.05) is 66.7 Å². The highest BCUT2D eigenvalue weighted by atomic mass is 15.1. The first-order valence-corrected chi connectivity index (χ1v) is 9.38. The van der Waals surface area contributed by atoms with Crippen LogP contribution in [0.15, 0.2) is 85.2 Å². The Hall–Kier alpha value is -3.93. The number of nitrogens with one attached hydrogen (secondary N) is 2. The normalized spacial score (nSPS) is 10.7. The molecule has 0 saturated heterocycles. The monoisotopic (exact) mass is 382 g/mol. The number of benzene rings is 2. The summed E-state index contributed by atoms with van der Waals surface area (Å²) in [5, 5.41) is 6.66. The van der Waals surface area contributed by atoms with Crippen LogP contribution < -0.4 is 16.4 Å². The van der Waals surface area contributed by atoms with Gasteiger partial charge < -0.3 is 16.4 Å². The third-order valence-electron chi connectivity index (χ3n) is 4.57. The number of anilines is 4. The summed E-state index contributed by atoms with van der Waals surface area (Å²) >= 11 is 0. The highest BCUT2D eigenvalue weighted by Gasteiger charge is 2.17. The molecule has 0 bridgehead atoms. The van der Waals surface area contributed by atoms with Gasteiger partial charge in [0.05, 0.1) is 6.04 Å². The second-order valence-electron chi connectivity index (χ2n) is 6.67. The quantitative estimate of drug-likeness (QED) is 0.448. The Morgan fingerprint density at radius 3 is 2.00 bits per heavy atom. The van der Waals surface area contributed by atoms with Crippen LogP contribution in [0.5, 0.6) is 0 Å². The van der Waals surface area contributed by atoms with E-state index in [1.807, 2.05) is 61.5 Å². The van der Waals surface area contributed by atoms with Crippen LogP contribution in [0.2, 0.25) is 0 Å². The molecule has 4 rings (SSSR count). The largest absolute Gasteiger partial charge is 0.393 e. The van der Waals surface area contributed by atoms with Crippen molar-refractivity contribution in [3.8, 4) is 0 Å². The molecule has 4 aromatic rings. The molecule has 144 valence electrons. The van der Waals surface area contributed by atoms with Gasteiger partial charge in [0.1, 0.15) is 17.8 Å². The second-order valence-corrected chi connectivity index (χ2v) is 6.67. The molecule has 29 heavy (non-hydrogen) atoms. The van der Waals surface area contributed by atoms with Crippen molar-refractivity contribution >= 4 is 23.1 Å². The molecule has 0 aliphatic rings. The number of aromatic nitrogens is 3. The Morgan fingerprint density at radius 2 is 1.38 bits per heavy atom. The fourth-order valence-electron chi connectivity index (χ4n) is 3.13. The molecule has 0 fully saturated rings. The van der Waals surface area contributed by atoms with Crippen LogP contribution in [0, 0.1) is 6.92 Å². The zero-order valence-corrected chi connectivity index (χ0v) is 16.1. The third-order valence-corrected chi connectivity index (χ3v) is 4.57. The number of hydrogen-bond acceptors (Lipinski definition) is 6. The van der Waals surface area contributed by atoms with Crippen LogP contribution in [0.25, 0.3) is 0 Å². The minimum absolute atomic E-state index is 0.0976. The van der Waals surface area contributed by atoms with E-state index >= 15 is 0 Å². The van der Waals surface area contributed by atoms with Gasteiger partial charge in [0, 0.05) is 5.69 Å². The number of nitrogens with two attached hydrogens (primary N) is 1. The number of aryl methyl sites for hydroxylation is 1. The van der Waals surface area contributed by atoms with Crippen LogP contribution in [0.1, 0.15) is 22.9 Å². The zero-order valence-electron chi connectivity index (χ0n) is 16.1. The van der Waals surface area contributed by atoms with Gasteiger partial charge in [-0.15, -0.1) is 0 Å². The van der Waals surface area contributed by atoms with E-state index in [9.17, 15) is 0 Å². The third kappa shape index (κ3) is 4.32. The van der Waals surface area contributed by atoms with E-state index in [4.69, 9.17) is 5.73 Å². The summed E-state index contributed by atoms with van der Waals surface area (Å²) in [6, 6.07) is 26.1. The maximum atomic E-state index is 6.40. The molecular formula is C23H22N6. The van der Waals surface area contributed by atoms with E-state index in [0.29, 0.717) is 23.1 Å². The molecule has 2 heterocycles. The van der Waals surface area contributed by atoms with Crippen molar-refractivity contribution in [3.05, 3.63) is 102 Å². The number of rotatable bonds is 6. The smallest absolute Gasteiger partial charge is 0.160 e. The van der Waals surface area contributed by atoms with Gasteiger partial charge >= 0.3 is 0 Å². The molecule has 2 aromatic carbocycles. The van der Waals surface area contributed by atoms with Crippen molar-refractivity contribution in [1.82, 2.24) is 15.0 Å². The molecule has 4 N–H and O–H groups in total. The number of nitrogen functional groups attached to an aromatic ring is 1. The Kier molecular flexibility index (Phi) is 5.33. The summed E-state index contributed by atoms with van der Waals surface area (Å²) in [7, 11) is 0. The van der Waals surface area contributed by atoms with Crippen molar-refractivity contribution < 1.29 is 0 Å². The van der Waals surface area contributed by atoms with Crippen molar-refractivity contribution in [2.75, 3.05) is 16.4 Å². The maximum Gasteiger partial charge on any atom is 0.160 e. The standard InChI is InChI=1S/C23H22N6/c1-16-9-8-14-19(27-16)28-22-20(24)23(26-15-25-22)29-21(17-10-4-2-5-11-17)18-12-6-3-7-13-18/h2-15,21H,24H2,1H3,(H2,25,26,27,28,29). The Morgan fingerprint density at radius 1 is 0.759 bits per heavy atom.